The SMILES string of the molecule is CCCCNC(=O)C(Cc1ccccc1)N(Cc1cccc(OC)c1)C(=O)CN(c1ccc(F)c(F)c1)S(C)(=O)=O. The lowest BCUT2D eigenvalue weighted by Crippen LogP contribution is -2.53. The van der Waals surface area contributed by atoms with E-state index in [0.29, 0.717) is 22.2 Å². The van der Waals surface area contributed by atoms with Gasteiger partial charge in [-0.2, -0.15) is 0 Å². The molecule has 1 atom stereocenters. The predicted molar refractivity (Wildman–Crippen MR) is 154 cm³/mol. The van der Waals surface area contributed by atoms with Gasteiger partial charge in [0.15, 0.2) is 11.6 Å². The number of nitrogens with one attached hydrogen (secondary N) is 1. The minimum atomic E-state index is -4.11. The molecule has 2 amide bonds. The molecule has 1 unspecified atom stereocenters. The van der Waals surface area contributed by atoms with Crippen molar-refractivity contribution in [3.05, 3.63) is 95.6 Å². The van der Waals surface area contributed by atoms with Gasteiger partial charge in [-0.15, -0.1) is 0 Å². The summed E-state index contributed by atoms with van der Waals surface area (Å²) < 4.78 is 59.2. The lowest BCUT2D eigenvalue weighted by atomic mass is 10.0. The summed E-state index contributed by atoms with van der Waals surface area (Å²) >= 11 is 0. The Labute approximate surface area is 240 Å². The van der Waals surface area contributed by atoms with Crippen molar-refractivity contribution < 1.29 is 31.5 Å². The van der Waals surface area contributed by atoms with Gasteiger partial charge in [0.25, 0.3) is 0 Å². The Bertz CT molecular complexity index is 1440. The number of amides is 2. The second kappa shape index (κ2) is 14.6. The summed E-state index contributed by atoms with van der Waals surface area (Å²) in [6.45, 7) is 1.63. The number of nitrogens with zero attached hydrogens (tertiary/aromatic N) is 2. The fourth-order valence-electron chi connectivity index (χ4n) is 4.28. The van der Waals surface area contributed by atoms with Gasteiger partial charge in [-0.1, -0.05) is 55.8 Å². The van der Waals surface area contributed by atoms with E-state index in [-0.39, 0.29) is 18.7 Å². The van der Waals surface area contributed by atoms with Gasteiger partial charge >= 0.3 is 0 Å². The van der Waals surface area contributed by atoms with E-state index in [2.05, 4.69) is 5.32 Å². The average Bonchev–Trinajstić information content (AvgIpc) is 2.95. The topological polar surface area (TPSA) is 96.0 Å². The van der Waals surface area contributed by atoms with E-state index in [1.165, 1.54) is 12.0 Å². The second-order valence-electron chi connectivity index (χ2n) is 9.59. The van der Waals surface area contributed by atoms with Crippen LogP contribution >= 0.6 is 0 Å². The minimum Gasteiger partial charge on any atom is -0.497 e. The maximum atomic E-state index is 14.0. The van der Waals surface area contributed by atoms with Crippen LogP contribution in [0.5, 0.6) is 5.75 Å². The summed E-state index contributed by atoms with van der Waals surface area (Å²) in [5.74, 6) is -2.96. The van der Waals surface area contributed by atoms with Crippen molar-refractivity contribution in [2.45, 2.75) is 38.8 Å². The van der Waals surface area contributed by atoms with Crippen LogP contribution in [-0.2, 0) is 32.6 Å². The number of methoxy groups -OCH3 is 1. The number of rotatable bonds is 14. The van der Waals surface area contributed by atoms with Crippen LogP contribution in [0.25, 0.3) is 0 Å². The van der Waals surface area contributed by atoms with Crippen LogP contribution in [0, 0.1) is 11.6 Å². The summed E-state index contributed by atoms with van der Waals surface area (Å²) in [6.07, 6.45) is 2.63. The fourth-order valence-corrected chi connectivity index (χ4v) is 5.12. The molecular formula is C30H35F2N3O5S. The van der Waals surface area contributed by atoms with E-state index in [1.54, 1.807) is 24.3 Å². The van der Waals surface area contributed by atoms with E-state index in [0.717, 1.165) is 42.9 Å². The molecule has 41 heavy (non-hydrogen) atoms. The average molecular weight is 588 g/mol. The summed E-state index contributed by atoms with van der Waals surface area (Å²) in [7, 11) is -2.60. The molecule has 11 heteroatoms. The maximum Gasteiger partial charge on any atom is 0.244 e. The first kappa shape index (κ1) is 31.5. The lowest BCUT2D eigenvalue weighted by Gasteiger charge is -2.33. The first-order valence-corrected chi connectivity index (χ1v) is 15.0. The monoisotopic (exact) mass is 587 g/mol. The van der Waals surface area contributed by atoms with Crippen molar-refractivity contribution in [3.63, 3.8) is 0 Å². The molecule has 0 bridgehead atoms. The largest absolute Gasteiger partial charge is 0.497 e. The van der Waals surface area contributed by atoms with Crippen molar-refractivity contribution in [1.29, 1.82) is 0 Å². The van der Waals surface area contributed by atoms with Crippen LogP contribution in [-0.4, -0.2) is 57.6 Å². The highest BCUT2D eigenvalue weighted by molar-refractivity contribution is 7.92. The quantitative estimate of drug-likeness (QED) is 0.284. The number of halogens is 2. The van der Waals surface area contributed by atoms with Crippen LogP contribution in [0.4, 0.5) is 14.5 Å². The van der Waals surface area contributed by atoms with Crippen LogP contribution in [0.3, 0.4) is 0 Å². The lowest BCUT2D eigenvalue weighted by molar-refractivity contribution is -0.140. The van der Waals surface area contributed by atoms with Gasteiger partial charge in [0.05, 0.1) is 19.1 Å². The molecule has 3 aromatic carbocycles. The smallest absolute Gasteiger partial charge is 0.244 e. The van der Waals surface area contributed by atoms with E-state index in [9.17, 15) is 26.8 Å². The summed E-state index contributed by atoms with van der Waals surface area (Å²) in [6, 6.07) is 17.7. The van der Waals surface area contributed by atoms with Gasteiger partial charge in [-0.05, 0) is 41.8 Å². The highest BCUT2D eigenvalue weighted by atomic mass is 32.2. The third-order valence-electron chi connectivity index (χ3n) is 6.46. The van der Waals surface area contributed by atoms with Gasteiger partial charge in [0.2, 0.25) is 21.8 Å². The molecule has 0 radical (unpaired) electrons. The molecule has 0 saturated heterocycles. The Morgan fingerprint density at radius 2 is 1.66 bits per heavy atom. The molecule has 0 saturated carbocycles. The van der Waals surface area contributed by atoms with Gasteiger partial charge in [-0.3, -0.25) is 13.9 Å². The summed E-state index contributed by atoms with van der Waals surface area (Å²) in [5.41, 5.74) is 1.23. The van der Waals surface area contributed by atoms with E-state index in [4.69, 9.17) is 4.74 Å². The number of anilines is 1. The Morgan fingerprint density at radius 1 is 0.951 bits per heavy atom. The molecule has 0 fully saturated rings. The maximum absolute atomic E-state index is 14.0. The second-order valence-corrected chi connectivity index (χ2v) is 11.5. The van der Waals surface area contributed by atoms with Crippen molar-refractivity contribution in [3.8, 4) is 5.75 Å². The molecule has 0 aliphatic heterocycles. The van der Waals surface area contributed by atoms with E-state index < -0.39 is 46.1 Å². The van der Waals surface area contributed by atoms with Crippen LogP contribution < -0.4 is 14.4 Å². The van der Waals surface area contributed by atoms with Crippen LogP contribution in [0.1, 0.15) is 30.9 Å². The number of ether oxygens (including phenoxy) is 1. The number of benzene rings is 3. The van der Waals surface area contributed by atoms with E-state index >= 15 is 0 Å². The Kier molecular flexibility index (Phi) is 11.2. The highest BCUT2D eigenvalue weighted by Crippen LogP contribution is 2.23. The molecule has 220 valence electrons. The van der Waals surface area contributed by atoms with Crippen molar-refractivity contribution in [2.24, 2.45) is 0 Å². The standard InChI is InChI=1S/C30H35F2N3O5S/c1-4-5-16-33-30(37)28(18-22-10-7-6-8-11-22)34(20-23-12-9-13-25(17-23)40-2)29(36)21-35(41(3,38)39)24-14-15-26(31)27(32)19-24/h6-15,17,19,28H,4-5,16,18,20-21H2,1-3H3,(H,33,37). The Morgan fingerprint density at radius 3 is 2.29 bits per heavy atom. The number of carbonyl (C=O) groups is 2. The van der Waals surface area contributed by atoms with Gasteiger partial charge in [0.1, 0.15) is 18.3 Å². The Balaban J connectivity index is 2.06. The molecule has 0 aliphatic carbocycles. The molecule has 1 N–H and O–H groups in total. The zero-order valence-electron chi connectivity index (χ0n) is 23.3. The van der Waals surface area contributed by atoms with Crippen molar-refractivity contribution in [2.75, 3.05) is 30.8 Å². The number of carbonyl (C=O) groups excluding carboxylic acids is 2. The Hall–Kier alpha value is -3.99. The van der Waals surface area contributed by atoms with Gasteiger partial charge < -0.3 is 15.0 Å². The molecular weight excluding hydrogens is 552 g/mol. The molecule has 0 aromatic heterocycles. The first-order valence-electron chi connectivity index (χ1n) is 13.2. The molecule has 0 heterocycles. The third kappa shape index (κ3) is 9.01. The summed E-state index contributed by atoms with van der Waals surface area (Å²) in [4.78, 5) is 28.9. The number of unbranched alkanes of at least 4 members (excludes halogenated alkanes) is 1. The predicted octanol–water partition coefficient (Wildman–Crippen LogP) is 4.30. The molecule has 0 spiro atoms. The summed E-state index contributed by atoms with van der Waals surface area (Å²) in [5, 5.41) is 2.90. The molecule has 3 rings (SSSR count). The van der Waals surface area contributed by atoms with Crippen LogP contribution in [0.2, 0.25) is 0 Å². The normalized spacial score (nSPS) is 11.9. The number of hydrogen-bond acceptors (Lipinski definition) is 5. The van der Waals surface area contributed by atoms with Gasteiger partial charge in [0, 0.05) is 25.6 Å². The van der Waals surface area contributed by atoms with Crippen molar-refractivity contribution >= 4 is 27.5 Å². The minimum absolute atomic E-state index is 0.0376. The van der Waals surface area contributed by atoms with E-state index in [1.807, 2.05) is 37.3 Å². The molecule has 0 aliphatic rings. The highest BCUT2D eigenvalue weighted by Gasteiger charge is 2.33. The molecule has 3 aromatic rings. The molecule has 8 nitrogen and oxygen atoms in total. The number of hydrogen-bond donors (Lipinski definition) is 1. The van der Waals surface area contributed by atoms with Crippen molar-refractivity contribution in [1.82, 2.24) is 10.2 Å². The zero-order valence-corrected chi connectivity index (χ0v) is 24.2. The third-order valence-corrected chi connectivity index (χ3v) is 7.60. The first-order chi connectivity index (χ1) is 19.5. The van der Waals surface area contributed by atoms with Gasteiger partial charge in [-0.25, -0.2) is 17.2 Å². The zero-order chi connectivity index (χ0) is 30.0. The number of sulfonamides is 1. The fraction of sp³-hybridized carbons (Fsp3) is 0.333. The van der Waals surface area contributed by atoms with Crippen LogP contribution in [0.15, 0.2) is 72.8 Å².